The molecule has 0 radical (unpaired) electrons. The van der Waals surface area contributed by atoms with Crippen LogP contribution >= 0.6 is 0 Å². The number of amides is 2. The number of carbonyl (C=O) groups excluding carboxylic acids is 2. The fourth-order valence-corrected chi connectivity index (χ4v) is 3.49. The fraction of sp³-hybridized carbons (Fsp3) is 0.765. The summed E-state index contributed by atoms with van der Waals surface area (Å²) in [7, 11) is 1.54. The molecule has 2 heterocycles. The zero-order chi connectivity index (χ0) is 18.4. The average molecular weight is 349 g/mol. The summed E-state index contributed by atoms with van der Waals surface area (Å²) in [6.07, 6.45) is 3.65. The van der Waals surface area contributed by atoms with E-state index in [0.29, 0.717) is 5.92 Å². The van der Waals surface area contributed by atoms with Crippen LogP contribution in [0.15, 0.2) is 6.20 Å². The molecule has 3 atom stereocenters. The Morgan fingerprint density at radius 1 is 1.36 bits per heavy atom. The molecule has 1 aromatic heterocycles. The third kappa shape index (κ3) is 3.53. The van der Waals surface area contributed by atoms with Gasteiger partial charge in [0.15, 0.2) is 0 Å². The molecule has 1 saturated heterocycles. The summed E-state index contributed by atoms with van der Waals surface area (Å²) in [6, 6.07) is -1.23. The summed E-state index contributed by atoms with van der Waals surface area (Å²) in [5.74, 6) is -0.00332. The van der Waals surface area contributed by atoms with E-state index in [9.17, 15) is 14.7 Å². The van der Waals surface area contributed by atoms with Crippen LogP contribution in [0.25, 0.3) is 0 Å². The SMILES string of the molecule is CNC(=O)C1CC(O)CN1C(=O)C(n1cc(C2CC2)nn1)C(C)(C)C. The molecular formula is C17H27N5O3. The highest BCUT2D eigenvalue weighted by atomic mass is 16.3. The van der Waals surface area contributed by atoms with Gasteiger partial charge in [0.2, 0.25) is 11.8 Å². The lowest BCUT2D eigenvalue weighted by molar-refractivity contribution is -0.144. The monoisotopic (exact) mass is 349 g/mol. The van der Waals surface area contributed by atoms with Crippen molar-refractivity contribution in [3.8, 4) is 0 Å². The van der Waals surface area contributed by atoms with Gasteiger partial charge in [0.1, 0.15) is 12.1 Å². The van der Waals surface area contributed by atoms with E-state index < -0.39 is 23.6 Å². The van der Waals surface area contributed by atoms with Crippen molar-refractivity contribution in [1.29, 1.82) is 0 Å². The maximum Gasteiger partial charge on any atom is 0.248 e. The van der Waals surface area contributed by atoms with E-state index in [0.717, 1.165) is 18.5 Å². The molecule has 2 amide bonds. The number of likely N-dealkylation sites (tertiary alicyclic amines) is 1. The fourth-order valence-electron chi connectivity index (χ4n) is 3.49. The van der Waals surface area contributed by atoms with Crippen molar-refractivity contribution in [2.75, 3.05) is 13.6 Å². The number of aliphatic hydroxyl groups excluding tert-OH is 1. The van der Waals surface area contributed by atoms with Crippen molar-refractivity contribution < 1.29 is 14.7 Å². The number of hydrogen-bond acceptors (Lipinski definition) is 5. The van der Waals surface area contributed by atoms with Gasteiger partial charge < -0.3 is 15.3 Å². The van der Waals surface area contributed by atoms with Crippen LogP contribution in [0.1, 0.15) is 57.7 Å². The standard InChI is InChI=1S/C17H27N5O3/c1-17(2,3)14(22-9-12(19-20-22)10-5-6-10)16(25)21-8-11(23)7-13(21)15(24)18-4/h9-11,13-14,23H,5-8H2,1-4H3,(H,18,24). The van der Waals surface area contributed by atoms with Crippen molar-refractivity contribution in [3.05, 3.63) is 11.9 Å². The lowest BCUT2D eigenvalue weighted by Crippen LogP contribution is -2.49. The Bertz CT molecular complexity index is 661. The molecule has 1 aliphatic heterocycles. The number of aliphatic hydroxyl groups is 1. The van der Waals surface area contributed by atoms with E-state index >= 15 is 0 Å². The van der Waals surface area contributed by atoms with Crippen LogP contribution < -0.4 is 5.32 Å². The van der Waals surface area contributed by atoms with Gasteiger partial charge in [-0.2, -0.15) is 0 Å². The Morgan fingerprint density at radius 3 is 2.60 bits per heavy atom. The van der Waals surface area contributed by atoms with Crippen molar-refractivity contribution in [2.24, 2.45) is 5.41 Å². The summed E-state index contributed by atoms with van der Waals surface area (Å²) in [5, 5.41) is 21.0. The summed E-state index contributed by atoms with van der Waals surface area (Å²) in [4.78, 5) is 26.9. The Balaban J connectivity index is 1.89. The molecule has 3 rings (SSSR count). The molecule has 1 aromatic rings. The van der Waals surface area contributed by atoms with Gasteiger partial charge in [0.25, 0.3) is 0 Å². The van der Waals surface area contributed by atoms with E-state index in [1.807, 2.05) is 27.0 Å². The smallest absolute Gasteiger partial charge is 0.248 e. The Kier molecular flexibility index (Phi) is 4.57. The quantitative estimate of drug-likeness (QED) is 0.822. The molecule has 8 heteroatoms. The van der Waals surface area contributed by atoms with E-state index in [4.69, 9.17) is 0 Å². The summed E-state index contributed by atoms with van der Waals surface area (Å²) < 4.78 is 1.63. The van der Waals surface area contributed by atoms with Crippen LogP contribution in [0.5, 0.6) is 0 Å². The van der Waals surface area contributed by atoms with Gasteiger partial charge in [-0.05, 0) is 18.3 Å². The van der Waals surface area contributed by atoms with E-state index in [1.54, 1.807) is 4.68 Å². The maximum absolute atomic E-state index is 13.3. The highest BCUT2D eigenvalue weighted by Gasteiger charge is 2.45. The highest BCUT2D eigenvalue weighted by molar-refractivity contribution is 5.90. The van der Waals surface area contributed by atoms with Crippen molar-refractivity contribution in [2.45, 2.75) is 64.1 Å². The zero-order valence-corrected chi connectivity index (χ0v) is 15.3. The van der Waals surface area contributed by atoms with Crippen LogP contribution in [-0.2, 0) is 9.59 Å². The zero-order valence-electron chi connectivity index (χ0n) is 15.3. The average Bonchev–Trinajstić information content (AvgIpc) is 3.15. The maximum atomic E-state index is 13.3. The minimum absolute atomic E-state index is 0.160. The first-order valence-corrected chi connectivity index (χ1v) is 8.84. The molecular weight excluding hydrogens is 322 g/mol. The van der Waals surface area contributed by atoms with Gasteiger partial charge >= 0.3 is 0 Å². The number of aromatic nitrogens is 3. The first kappa shape index (κ1) is 17.8. The largest absolute Gasteiger partial charge is 0.391 e. The van der Waals surface area contributed by atoms with E-state index in [-0.39, 0.29) is 24.8 Å². The van der Waals surface area contributed by atoms with Gasteiger partial charge in [0, 0.05) is 32.1 Å². The number of β-amino-alcohol motifs (C(OH)–C–C–N with tert-alkyl or cyclic N) is 1. The van der Waals surface area contributed by atoms with E-state index in [1.165, 1.54) is 11.9 Å². The second kappa shape index (κ2) is 6.40. The number of carbonyl (C=O) groups is 2. The predicted octanol–water partition coefficient (Wildman–Crippen LogP) is 0.450. The number of likely N-dealkylation sites (N-methyl/N-ethyl adjacent to an activating group) is 1. The Labute approximate surface area is 147 Å². The van der Waals surface area contributed by atoms with Gasteiger partial charge in [-0.3, -0.25) is 9.59 Å². The van der Waals surface area contributed by atoms with Gasteiger partial charge in [-0.15, -0.1) is 5.10 Å². The molecule has 138 valence electrons. The summed E-state index contributed by atoms with van der Waals surface area (Å²) in [6.45, 7) is 6.06. The molecule has 2 aliphatic rings. The lowest BCUT2D eigenvalue weighted by Gasteiger charge is -2.34. The second-order valence-corrected chi connectivity index (χ2v) is 8.18. The topological polar surface area (TPSA) is 100 Å². The normalized spacial score (nSPS) is 25.1. The minimum Gasteiger partial charge on any atom is -0.391 e. The molecule has 1 aliphatic carbocycles. The summed E-state index contributed by atoms with van der Waals surface area (Å²) >= 11 is 0. The van der Waals surface area contributed by atoms with E-state index in [2.05, 4.69) is 15.6 Å². The van der Waals surface area contributed by atoms with Gasteiger partial charge in [-0.25, -0.2) is 4.68 Å². The molecule has 0 aromatic carbocycles. The molecule has 2 fully saturated rings. The third-order valence-electron chi connectivity index (χ3n) is 4.95. The van der Waals surface area contributed by atoms with Crippen molar-refractivity contribution in [1.82, 2.24) is 25.2 Å². The molecule has 0 spiro atoms. The molecule has 2 N–H and O–H groups in total. The molecule has 3 unspecified atom stereocenters. The molecule has 0 bridgehead atoms. The molecule has 1 saturated carbocycles. The third-order valence-corrected chi connectivity index (χ3v) is 4.95. The van der Waals surface area contributed by atoms with Crippen LogP contribution in [-0.4, -0.2) is 62.6 Å². The van der Waals surface area contributed by atoms with Gasteiger partial charge in [-0.1, -0.05) is 26.0 Å². The minimum atomic E-state index is -0.690. The highest BCUT2D eigenvalue weighted by Crippen LogP contribution is 2.40. The Morgan fingerprint density at radius 2 is 2.04 bits per heavy atom. The summed E-state index contributed by atoms with van der Waals surface area (Å²) in [5.41, 5.74) is 0.512. The Hall–Kier alpha value is -1.96. The number of rotatable bonds is 4. The lowest BCUT2D eigenvalue weighted by atomic mass is 9.85. The molecule has 25 heavy (non-hydrogen) atoms. The second-order valence-electron chi connectivity index (χ2n) is 8.18. The van der Waals surface area contributed by atoms with Crippen LogP contribution in [0.4, 0.5) is 0 Å². The van der Waals surface area contributed by atoms with Crippen molar-refractivity contribution >= 4 is 11.8 Å². The number of hydrogen-bond donors (Lipinski definition) is 2. The molecule has 8 nitrogen and oxygen atoms in total. The number of nitrogens with zero attached hydrogens (tertiary/aromatic N) is 4. The predicted molar refractivity (Wildman–Crippen MR) is 90.7 cm³/mol. The van der Waals surface area contributed by atoms with Crippen LogP contribution in [0.2, 0.25) is 0 Å². The first-order chi connectivity index (χ1) is 11.7. The van der Waals surface area contributed by atoms with Crippen molar-refractivity contribution in [3.63, 3.8) is 0 Å². The number of nitrogens with one attached hydrogen (secondary N) is 1. The van der Waals surface area contributed by atoms with Crippen LogP contribution in [0, 0.1) is 5.41 Å². The van der Waals surface area contributed by atoms with Crippen LogP contribution in [0.3, 0.4) is 0 Å². The van der Waals surface area contributed by atoms with Gasteiger partial charge in [0.05, 0.1) is 11.8 Å². The first-order valence-electron chi connectivity index (χ1n) is 8.84.